The van der Waals surface area contributed by atoms with Gasteiger partial charge in [-0.25, -0.2) is 9.97 Å². The van der Waals surface area contributed by atoms with Crippen LogP contribution < -0.4 is 5.73 Å². The first kappa shape index (κ1) is 8.16. The highest BCUT2D eigenvalue weighted by Crippen LogP contribution is 2.38. The average molecular weight is 177 g/mol. The molecule has 1 aromatic rings. The van der Waals surface area contributed by atoms with Gasteiger partial charge in [-0.15, -0.1) is 0 Å². The van der Waals surface area contributed by atoms with E-state index in [1.54, 1.807) is 0 Å². The van der Waals surface area contributed by atoms with E-state index in [9.17, 15) is 4.79 Å². The molecule has 0 aromatic carbocycles. The molecule has 1 saturated carbocycles. The van der Waals surface area contributed by atoms with Crippen molar-refractivity contribution in [2.24, 2.45) is 5.73 Å². The third kappa shape index (κ3) is 1.66. The highest BCUT2D eigenvalue weighted by Gasteiger charge is 2.26. The molecule has 0 radical (unpaired) electrons. The van der Waals surface area contributed by atoms with Crippen molar-refractivity contribution in [2.45, 2.75) is 25.7 Å². The zero-order valence-electron chi connectivity index (χ0n) is 7.45. The molecule has 1 aromatic heterocycles. The normalized spacial score (nSPS) is 15.8. The van der Waals surface area contributed by atoms with Crippen LogP contribution in [0, 0.1) is 6.92 Å². The van der Waals surface area contributed by atoms with Gasteiger partial charge in [0.1, 0.15) is 0 Å². The van der Waals surface area contributed by atoms with E-state index in [-0.39, 0.29) is 5.82 Å². The Morgan fingerprint density at radius 1 is 1.54 bits per heavy atom. The van der Waals surface area contributed by atoms with Crippen LogP contribution in [0.3, 0.4) is 0 Å². The summed E-state index contributed by atoms with van der Waals surface area (Å²) in [7, 11) is 0. The van der Waals surface area contributed by atoms with Crippen molar-refractivity contribution >= 4 is 5.91 Å². The lowest BCUT2D eigenvalue weighted by Crippen LogP contribution is -2.16. The fourth-order valence-electron chi connectivity index (χ4n) is 1.29. The van der Waals surface area contributed by atoms with Gasteiger partial charge in [0.2, 0.25) is 5.82 Å². The van der Waals surface area contributed by atoms with Crippen LogP contribution in [0.1, 0.15) is 40.8 Å². The molecule has 0 aliphatic heterocycles. The number of rotatable bonds is 2. The minimum atomic E-state index is -0.550. The van der Waals surface area contributed by atoms with Gasteiger partial charge in [0.05, 0.1) is 0 Å². The van der Waals surface area contributed by atoms with E-state index in [2.05, 4.69) is 9.97 Å². The molecule has 0 bridgehead atoms. The van der Waals surface area contributed by atoms with E-state index in [0.717, 1.165) is 24.2 Å². The summed E-state index contributed by atoms with van der Waals surface area (Å²) in [4.78, 5) is 18.9. The molecular weight excluding hydrogens is 166 g/mol. The van der Waals surface area contributed by atoms with Gasteiger partial charge in [0, 0.05) is 17.3 Å². The van der Waals surface area contributed by atoms with E-state index in [1.165, 1.54) is 0 Å². The highest BCUT2D eigenvalue weighted by atomic mass is 16.1. The Labute approximate surface area is 76.2 Å². The molecule has 0 spiro atoms. The Hall–Kier alpha value is -1.45. The van der Waals surface area contributed by atoms with Crippen LogP contribution in [0.15, 0.2) is 6.07 Å². The number of carbonyl (C=O) groups is 1. The average Bonchev–Trinajstić information content (AvgIpc) is 2.85. The predicted molar refractivity (Wildman–Crippen MR) is 47.3 cm³/mol. The summed E-state index contributed by atoms with van der Waals surface area (Å²) in [5.74, 6) is 0.118. The first-order valence-corrected chi connectivity index (χ1v) is 4.32. The second kappa shape index (κ2) is 2.80. The van der Waals surface area contributed by atoms with Crippen molar-refractivity contribution in [3.8, 4) is 0 Å². The maximum atomic E-state index is 10.8. The van der Waals surface area contributed by atoms with Crippen molar-refractivity contribution in [2.75, 3.05) is 0 Å². The summed E-state index contributed by atoms with van der Waals surface area (Å²) in [5.41, 5.74) is 6.88. The van der Waals surface area contributed by atoms with Crippen LogP contribution in [0.4, 0.5) is 0 Å². The molecule has 0 atom stereocenters. The second-order valence-corrected chi connectivity index (χ2v) is 3.40. The summed E-state index contributed by atoms with van der Waals surface area (Å²) in [5, 5.41) is 0. The number of hydrogen-bond acceptors (Lipinski definition) is 3. The maximum Gasteiger partial charge on any atom is 0.286 e. The van der Waals surface area contributed by atoms with Crippen LogP contribution in [0.25, 0.3) is 0 Å². The number of hydrogen-bond donors (Lipinski definition) is 1. The van der Waals surface area contributed by atoms with Crippen LogP contribution in [-0.2, 0) is 0 Å². The fraction of sp³-hybridized carbons (Fsp3) is 0.444. The zero-order valence-corrected chi connectivity index (χ0v) is 7.45. The number of primary amides is 1. The van der Waals surface area contributed by atoms with E-state index in [0.29, 0.717) is 5.92 Å². The SMILES string of the molecule is Cc1cc(C2CC2)nc(C(N)=O)n1. The van der Waals surface area contributed by atoms with E-state index in [4.69, 9.17) is 5.73 Å². The second-order valence-electron chi connectivity index (χ2n) is 3.40. The smallest absolute Gasteiger partial charge is 0.286 e. The molecule has 68 valence electrons. The number of amides is 1. The number of carbonyl (C=O) groups excluding carboxylic acids is 1. The molecule has 1 aliphatic carbocycles. The monoisotopic (exact) mass is 177 g/mol. The van der Waals surface area contributed by atoms with Crippen LogP contribution in [0.5, 0.6) is 0 Å². The van der Waals surface area contributed by atoms with Gasteiger partial charge in [-0.2, -0.15) is 0 Å². The molecule has 13 heavy (non-hydrogen) atoms. The van der Waals surface area contributed by atoms with Crippen molar-refractivity contribution < 1.29 is 4.79 Å². The zero-order chi connectivity index (χ0) is 9.42. The first-order chi connectivity index (χ1) is 6.16. The van der Waals surface area contributed by atoms with Crippen LogP contribution in [-0.4, -0.2) is 15.9 Å². The molecule has 1 aliphatic rings. The van der Waals surface area contributed by atoms with Gasteiger partial charge in [0.15, 0.2) is 0 Å². The molecule has 2 N–H and O–H groups in total. The molecular formula is C9H11N3O. The number of aromatic nitrogens is 2. The Kier molecular flexibility index (Phi) is 1.76. The Balaban J connectivity index is 2.41. The highest BCUT2D eigenvalue weighted by molar-refractivity contribution is 5.88. The Morgan fingerprint density at radius 3 is 2.77 bits per heavy atom. The lowest BCUT2D eigenvalue weighted by molar-refractivity contribution is 0.0990. The van der Waals surface area contributed by atoms with Crippen LogP contribution in [0.2, 0.25) is 0 Å². The van der Waals surface area contributed by atoms with Crippen molar-refractivity contribution in [3.63, 3.8) is 0 Å². The molecule has 4 nitrogen and oxygen atoms in total. The molecule has 2 rings (SSSR count). The topological polar surface area (TPSA) is 68.9 Å². The molecule has 0 saturated heterocycles. The standard InChI is InChI=1S/C9H11N3O/c1-5-4-7(6-2-3-6)12-9(11-5)8(10)13/h4,6H,2-3H2,1H3,(H2,10,13). The van der Waals surface area contributed by atoms with Gasteiger partial charge in [-0.05, 0) is 25.8 Å². The summed E-state index contributed by atoms with van der Waals surface area (Å²) >= 11 is 0. The van der Waals surface area contributed by atoms with Crippen molar-refractivity contribution in [1.29, 1.82) is 0 Å². The molecule has 1 amide bonds. The molecule has 1 heterocycles. The summed E-state index contributed by atoms with van der Waals surface area (Å²) in [6, 6.07) is 1.92. The van der Waals surface area contributed by atoms with Crippen molar-refractivity contribution in [1.82, 2.24) is 9.97 Å². The van der Waals surface area contributed by atoms with Gasteiger partial charge < -0.3 is 5.73 Å². The predicted octanol–water partition coefficient (Wildman–Crippen LogP) is 0.761. The van der Waals surface area contributed by atoms with E-state index < -0.39 is 5.91 Å². The summed E-state index contributed by atoms with van der Waals surface area (Å²) in [6.07, 6.45) is 2.32. The fourth-order valence-corrected chi connectivity index (χ4v) is 1.29. The summed E-state index contributed by atoms with van der Waals surface area (Å²) in [6.45, 7) is 1.85. The molecule has 1 fully saturated rings. The number of nitrogens with two attached hydrogens (primary N) is 1. The number of nitrogens with zero attached hydrogens (tertiary/aromatic N) is 2. The molecule has 4 heteroatoms. The largest absolute Gasteiger partial charge is 0.363 e. The van der Waals surface area contributed by atoms with Gasteiger partial charge >= 0.3 is 0 Å². The number of aryl methyl sites for hydroxylation is 1. The van der Waals surface area contributed by atoms with E-state index >= 15 is 0 Å². The quantitative estimate of drug-likeness (QED) is 0.725. The third-order valence-electron chi connectivity index (χ3n) is 2.09. The third-order valence-corrected chi connectivity index (χ3v) is 2.09. The Morgan fingerprint density at radius 2 is 2.23 bits per heavy atom. The van der Waals surface area contributed by atoms with Gasteiger partial charge in [0.25, 0.3) is 5.91 Å². The van der Waals surface area contributed by atoms with Gasteiger partial charge in [-0.3, -0.25) is 4.79 Å². The van der Waals surface area contributed by atoms with Crippen LogP contribution >= 0.6 is 0 Å². The summed E-state index contributed by atoms with van der Waals surface area (Å²) < 4.78 is 0. The minimum absolute atomic E-state index is 0.141. The molecule has 0 unspecified atom stereocenters. The lowest BCUT2D eigenvalue weighted by atomic mass is 10.2. The minimum Gasteiger partial charge on any atom is -0.363 e. The first-order valence-electron chi connectivity index (χ1n) is 4.32. The van der Waals surface area contributed by atoms with E-state index in [1.807, 2.05) is 13.0 Å². The Bertz CT molecular complexity index is 358. The lowest BCUT2D eigenvalue weighted by Gasteiger charge is -2.01. The van der Waals surface area contributed by atoms with Crippen molar-refractivity contribution in [3.05, 3.63) is 23.3 Å². The maximum absolute atomic E-state index is 10.8. The van der Waals surface area contributed by atoms with Gasteiger partial charge in [-0.1, -0.05) is 0 Å².